The molecular formula is C8H10ClFN2O2S. The van der Waals surface area contributed by atoms with Crippen molar-refractivity contribution in [2.24, 2.45) is 0 Å². The van der Waals surface area contributed by atoms with Gasteiger partial charge in [-0.25, -0.2) is 17.8 Å². The van der Waals surface area contributed by atoms with Crippen LogP contribution in [0.1, 0.15) is 0 Å². The largest absolute Gasteiger partial charge is 0.367 e. The molecule has 7 heteroatoms. The minimum Gasteiger partial charge on any atom is -0.367 e. The Bertz CT molecular complexity index is 450. The summed E-state index contributed by atoms with van der Waals surface area (Å²) in [4.78, 5) is 3.68. The zero-order chi connectivity index (χ0) is 11.5. The smallest absolute Gasteiger partial charge is 0.166 e. The van der Waals surface area contributed by atoms with Crippen LogP contribution in [0.15, 0.2) is 12.3 Å². The van der Waals surface area contributed by atoms with Crippen LogP contribution in [-0.2, 0) is 9.84 Å². The maximum absolute atomic E-state index is 13.1. The summed E-state index contributed by atoms with van der Waals surface area (Å²) in [7, 11) is -3.05. The van der Waals surface area contributed by atoms with Crippen LogP contribution in [0, 0.1) is 5.82 Å². The summed E-state index contributed by atoms with van der Waals surface area (Å²) in [5, 5.41) is 2.77. The molecule has 1 aromatic heterocycles. The highest BCUT2D eigenvalue weighted by Crippen LogP contribution is 2.14. The maximum Gasteiger partial charge on any atom is 0.166 e. The fraction of sp³-hybridized carbons (Fsp3) is 0.375. The summed E-state index contributed by atoms with van der Waals surface area (Å²) in [6.45, 7) is 0.115. The van der Waals surface area contributed by atoms with E-state index in [0.717, 1.165) is 12.3 Å². The number of sulfone groups is 1. The minimum absolute atomic E-state index is 0.00282. The van der Waals surface area contributed by atoms with Crippen molar-refractivity contribution in [3.8, 4) is 0 Å². The highest BCUT2D eigenvalue weighted by molar-refractivity contribution is 7.90. The van der Waals surface area contributed by atoms with Crippen molar-refractivity contribution in [1.82, 2.24) is 4.98 Å². The zero-order valence-corrected chi connectivity index (χ0v) is 9.57. The van der Waals surface area contributed by atoms with E-state index in [0.29, 0.717) is 0 Å². The Morgan fingerprint density at radius 1 is 1.60 bits per heavy atom. The fourth-order valence-corrected chi connectivity index (χ4v) is 1.52. The topological polar surface area (TPSA) is 59.1 Å². The van der Waals surface area contributed by atoms with E-state index in [2.05, 4.69) is 10.3 Å². The Kier molecular flexibility index (Phi) is 3.87. The van der Waals surface area contributed by atoms with Crippen molar-refractivity contribution in [2.75, 3.05) is 23.9 Å². The standard InChI is InChI=1S/C8H10ClFN2O2S/c1-15(13,14)3-2-11-8-7(10)4-6(9)5-12-8/h4-5H,2-3H2,1H3,(H,11,12). The van der Waals surface area contributed by atoms with E-state index in [9.17, 15) is 12.8 Å². The second-order valence-corrected chi connectivity index (χ2v) is 5.74. The van der Waals surface area contributed by atoms with Gasteiger partial charge in [-0.05, 0) is 6.07 Å². The van der Waals surface area contributed by atoms with Gasteiger partial charge in [0.15, 0.2) is 11.6 Å². The van der Waals surface area contributed by atoms with Gasteiger partial charge in [-0.15, -0.1) is 0 Å². The molecule has 15 heavy (non-hydrogen) atoms. The predicted octanol–water partition coefficient (Wildman–Crippen LogP) is 1.33. The molecule has 0 spiro atoms. The lowest BCUT2D eigenvalue weighted by Gasteiger charge is -2.05. The molecule has 0 bridgehead atoms. The molecule has 0 unspecified atom stereocenters. The first-order valence-electron chi connectivity index (χ1n) is 4.11. The van der Waals surface area contributed by atoms with Crippen LogP contribution in [-0.4, -0.2) is 32.0 Å². The molecule has 4 nitrogen and oxygen atoms in total. The van der Waals surface area contributed by atoms with Gasteiger partial charge >= 0.3 is 0 Å². The third-order valence-electron chi connectivity index (χ3n) is 1.57. The molecule has 0 fully saturated rings. The highest BCUT2D eigenvalue weighted by atomic mass is 35.5. The minimum atomic E-state index is -3.05. The number of aromatic nitrogens is 1. The average molecular weight is 253 g/mol. The van der Waals surface area contributed by atoms with Crippen LogP contribution < -0.4 is 5.32 Å². The van der Waals surface area contributed by atoms with E-state index in [1.54, 1.807) is 0 Å². The SMILES string of the molecule is CS(=O)(=O)CCNc1ncc(Cl)cc1F. The van der Waals surface area contributed by atoms with Crippen molar-refractivity contribution in [2.45, 2.75) is 0 Å². The summed E-state index contributed by atoms with van der Waals surface area (Å²) in [5.74, 6) is -0.671. The van der Waals surface area contributed by atoms with Crippen molar-refractivity contribution in [3.63, 3.8) is 0 Å². The second kappa shape index (κ2) is 4.76. The molecule has 84 valence electrons. The van der Waals surface area contributed by atoms with Crippen LogP contribution in [0.4, 0.5) is 10.2 Å². The molecule has 0 saturated carbocycles. The molecule has 0 amide bonds. The number of anilines is 1. The number of pyridine rings is 1. The van der Waals surface area contributed by atoms with Crippen LogP contribution in [0.3, 0.4) is 0 Å². The molecule has 0 aliphatic heterocycles. The average Bonchev–Trinajstić information content (AvgIpc) is 2.07. The van der Waals surface area contributed by atoms with Gasteiger partial charge in [0.25, 0.3) is 0 Å². The number of hydrogen-bond acceptors (Lipinski definition) is 4. The molecule has 1 N–H and O–H groups in total. The first-order chi connectivity index (χ1) is 6.88. The third kappa shape index (κ3) is 4.44. The summed E-state index contributed by atoms with van der Waals surface area (Å²) in [5.41, 5.74) is 0. The fourth-order valence-electron chi connectivity index (χ4n) is 0.899. The van der Waals surface area contributed by atoms with Crippen molar-refractivity contribution < 1.29 is 12.8 Å². The maximum atomic E-state index is 13.1. The molecule has 0 saturated heterocycles. The van der Waals surface area contributed by atoms with Gasteiger partial charge in [0.2, 0.25) is 0 Å². The molecule has 0 aromatic carbocycles. The molecule has 0 atom stereocenters. The first-order valence-corrected chi connectivity index (χ1v) is 6.55. The monoisotopic (exact) mass is 252 g/mol. The molecule has 1 heterocycles. The van der Waals surface area contributed by atoms with Crippen molar-refractivity contribution in [1.29, 1.82) is 0 Å². The van der Waals surface area contributed by atoms with E-state index in [-0.39, 0.29) is 23.1 Å². The molecule has 0 aliphatic carbocycles. The van der Waals surface area contributed by atoms with E-state index in [4.69, 9.17) is 11.6 Å². The van der Waals surface area contributed by atoms with Gasteiger partial charge in [-0.3, -0.25) is 0 Å². The Hall–Kier alpha value is -0.880. The van der Waals surface area contributed by atoms with E-state index < -0.39 is 15.7 Å². The Morgan fingerprint density at radius 2 is 2.27 bits per heavy atom. The van der Waals surface area contributed by atoms with E-state index in [1.165, 1.54) is 6.20 Å². The highest BCUT2D eigenvalue weighted by Gasteiger charge is 2.06. The van der Waals surface area contributed by atoms with Crippen molar-refractivity contribution >= 4 is 27.3 Å². The number of rotatable bonds is 4. The van der Waals surface area contributed by atoms with Gasteiger partial charge in [0, 0.05) is 19.0 Å². The Morgan fingerprint density at radius 3 is 2.80 bits per heavy atom. The third-order valence-corrected chi connectivity index (χ3v) is 2.73. The van der Waals surface area contributed by atoms with Crippen LogP contribution in [0.5, 0.6) is 0 Å². The van der Waals surface area contributed by atoms with Gasteiger partial charge in [0.1, 0.15) is 9.84 Å². The number of nitrogens with one attached hydrogen (secondary N) is 1. The molecule has 1 rings (SSSR count). The van der Waals surface area contributed by atoms with E-state index in [1.807, 2.05) is 0 Å². The Balaban J connectivity index is 2.59. The summed E-state index contributed by atoms with van der Waals surface area (Å²) in [6.07, 6.45) is 2.40. The number of hydrogen-bond donors (Lipinski definition) is 1. The zero-order valence-electron chi connectivity index (χ0n) is 8.00. The number of halogens is 2. The van der Waals surface area contributed by atoms with Crippen LogP contribution in [0.25, 0.3) is 0 Å². The lowest BCUT2D eigenvalue weighted by molar-refractivity contribution is 0.601. The molecule has 0 radical (unpaired) electrons. The quantitative estimate of drug-likeness (QED) is 0.878. The van der Waals surface area contributed by atoms with E-state index >= 15 is 0 Å². The summed E-state index contributed by atoms with van der Waals surface area (Å²) in [6, 6.07) is 1.11. The normalized spacial score (nSPS) is 11.4. The van der Waals surface area contributed by atoms with Gasteiger partial charge < -0.3 is 5.32 Å². The summed E-state index contributed by atoms with van der Waals surface area (Å²) < 4.78 is 34.7. The van der Waals surface area contributed by atoms with Crippen molar-refractivity contribution in [3.05, 3.63) is 23.1 Å². The Labute approximate surface area is 92.4 Å². The second-order valence-electron chi connectivity index (χ2n) is 3.04. The van der Waals surface area contributed by atoms with Gasteiger partial charge in [-0.2, -0.15) is 0 Å². The lowest BCUT2D eigenvalue weighted by Crippen LogP contribution is -2.15. The van der Waals surface area contributed by atoms with Gasteiger partial charge in [0.05, 0.1) is 10.8 Å². The van der Waals surface area contributed by atoms with Crippen LogP contribution in [0.2, 0.25) is 5.02 Å². The first kappa shape index (κ1) is 12.2. The summed E-state index contributed by atoms with van der Waals surface area (Å²) >= 11 is 5.50. The molecule has 1 aromatic rings. The molecular weight excluding hydrogens is 243 g/mol. The van der Waals surface area contributed by atoms with Gasteiger partial charge in [-0.1, -0.05) is 11.6 Å². The van der Waals surface area contributed by atoms with Crippen LogP contribution >= 0.6 is 11.6 Å². The predicted molar refractivity (Wildman–Crippen MR) is 57.4 cm³/mol. The lowest BCUT2D eigenvalue weighted by atomic mass is 10.4. The molecule has 0 aliphatic rings. The number of nitrogens with zero attached hydrogens (tertiary/aromatic N) is 1.